The lowest BCUT2D eigenvalue weighted by atomic mass is 10.2. The average molecular weight is 315 g/mol. The van der Waals surface area contributed by atoms with Crippen LogP contribution in [0.1, 0.15) is 17.3 Å². The van der Waals surface area contributed by atoms with Gasteiger partial charge in [0.2, 0.25) is 0 Å². The van der Waals surface area contributed by atoms with E-state index in [9.17, 15) is 4.39 Å². The lowest BCUT2D eigenvalue weighted by Crippen LogP contribution is -2.04. The van der Waals surface area contributed by atoms with Crippen molar-refractivity contribution in [3.63, 3.8) is 0 Å². The van der Waals surface area contributed by atoms with E-state index < -0.39 is 0 Å². The second kappa shape index (κ2) is 7.42. The standard InChI is InChI=1S/C14H16FN5O.C2H2/c1-8-18-13(17-7-9-3-2-6-21-9)11-12(15)10(4-5-16)20-14(11)19-8;1-2/h2-3,6H,4-5,7,16H2,1H3,(H2,17,18,19,20);1-2H. The van der Waals surface area contributed by atoms with Crippen molar-refractivity contribution in [2.24, 2.45) is 5.73 Å². The molecule has 0 atom stereocenters. The number of rotatable bonds is 5. The average Bonchev–Trinajstić information content (AvgIpc) is 3.16. The summed E-state index contributed by atoms with van der Waals surface area (Å²) in [7, 11) is 0. The van der Waals surface area contributed by atoms with Gasteiger partial charge in [-0.1, -0.05) is 0 Å². The summed E-state index contributed by atoms with van der Waals surface area (Å²) in [5, 5.41) is 3.45. The molecule has 7 heteroatoms. The first-order valence-electron chi connectivity index (χ1n) is 7.03. The highest BCUT2D eigenvalue weighted by Crippen LogP contribution is 2.26. The Bertz CT molecular complexity index is 792. The summed E-state index contributed by atoms with van der Waals surface area (Å²) in [6.45, 7) is 2.56. The third-order valence-electron chi connectivity index (χ3n) is 3.18. The van der Waals surface area contributed by atoms with Crippen molar-refractivity contribution in [1.29, 1.82) is 0 Å². The summed E-state index contributed by atoms with van der Waals surface area (Å²) in [4.78, 5) is 11.5. The maximum Gasteiger partial charge on any atom is 0.157 e. The Balaban J connectivity index is 0.000000924. The molecule has 0 aliphatic heterocycles. The SMILES string of the molecule is C#C.Cc1nc(NCc2ccco2)c2c(F)c(CCN)[nH]c2n1. The zero-order valence-electron chi connectivity index (χ0n) is 12.8. The van der Waals surface area contributed by atoms with Gasteiger partial charge in [0.05, 0.1) is 23.9 Å². The number of furan rings is 1. The van der Waals surface area contributed by atoms with Crippen LogP contribution in [-0.2, 0) is 13.0 Å². The number of anilines is 1. The molecule has 0 aliphatic rings. The van der Waals surface area contributed by atoms with E-state index in [1.807, 2.05) is 6.07 Å². The second-order valence-electron chi connectivity index (χ2n) is 4.73. The molecule has 0 spiro atoms. The summed E-state index contributed by atoms with van der Waals surface area (Å²) in [6.07, 6.45) is 10.0. The molecule has 0 unspecified atom stereocenters. The van der Waals surface area contributed by atoms with Crippen LogP contribution < -0.4 is 11.1 Å². The Morgan fingerprint density at radius 3 is 2.83 bits per heavy atom. The van der Waals surface area contributed by atoms with Crippen molar-refractivity contribution in [3.05, 3.63) is 41.5 Å². The van der Waals surface area contributed by atoms with Gasteiger partial charge < -0.3 is 20.5 Å². The summed E-state index contributed by atoms with van der Waals surface area (Å²) in [5.74, 6) is 1.41. The highest BCUT2D eigenvalue weighted by molar-refractivity contribution is 5.88. The van der Waals surface area contributed by atoms with Gasteiger partial charge in [-0.3, -0.25) is 0 Å². The number of hydrogen-bond donors (Lipinski definition) is 3. The second-order valence-corrected chi connectivity index (χ2v) is 4.73. The van der Waals surface area contributed by atoms with E-state index in [-0.39, 0.29) is 5.82 Å². The van der Waals surface area contributed by atoms with Gasteiger partial charge in [-0.2, -0.15) is 0 Å². The first-order chi connectivity index (χ1) is 11.2. The van der Waals surface area contributed by atoms with Gasteiger partial charge in [-0.15, -0.1) is 12.8 Å². The Kier molecular flexibility index (Phi) is 5.33. The normalized spacial score (nSPS) is 10.3. The molecule has 0 fully saturated rings. The van der Waals surface area contributed by atoms with Crippen LogP contribution in [0.3, 0.4) is 0 Å². The lowest BCUT2D eigenvalue weighted by molar-refractivity contribution is 0.518. The summed E-state index contributed by atoms with van der Waals surface area (Å²) >= 11 is 0. The number of halogens is 1. The lowest BCUT2D eigenvalue weighted by Gasteiger charge is -2.06. The number of aryl methyl sites for hydroxylation is 1. The minimum atomic E-state index is -0.350. The van der Waals surface area contributed by atoms with E-state index in [0.717, 1.165) is 5.76 Å². The van der Waals surface area contributed by atoms with Crippen LogP contribution in [-0.4, -0.2) is 21.5 Å². The van der Waals surface area contributed by atoms with Crippen LogP contribution in [0.4, 0.5) is 10.2 Å². The molecule has 0 amide bonds. The fourth-order valence-electron chi connectivity index (χ4n) is 2.25. The molecule has 3 aromatic heterocycles. The van der Waals surface area contributed by atoms with Gasteiger partial charge in [0.15, 0.2) is 5.82 Å². The fraction of sp³-hybridized carbons (Fsp3) is 0.250. The molecule has 0 saturated carbocycles. The van der Waals surface area contributed by atoms with Crippen molar-refractivity contribution in [1.82, 2.24) is 15.0 Å². The topological polar surface area (TPSA) is 92.8 Å². The Morgan fingerprint density at radius 1 is 1.39 bits per heavy atom. The van der Waals surface area contributed by atoms with Crippen LogP contribution in [0.2, 0.25) is 0 Å². The molecule has 3 aromatic rings. The molecule has 0 radical (unpaired) electrons. The minimum absolute atomic E-state index is 0.350. The molecule has 3 rings (SSSR count). The summed E-state index contributed by atoms with van der Waals surface area (Å²) in [5.41, 5.74) is 6.42. The maximum absolute atomic E-state index is 14.4. The predicted octanol–water partition coefficient (Wildman–Crippen LogP) is 2.36. The molecule has 0 aromatic carbocycles. The predicted molar refractivity (Wildman–Crippen MR) is 87.3 cm³/mol. The van der Waals surface area contributed by atoms with Gasteiger partial charge in [0, 0.05) is 6.42 Å². The Morgan fingerprint density at radius 2 is 2.17 bits per heavy atom. The van der Waals surface area contributed by atoms with Crippen molar-refractivity contribution >= 4 is 16.9 Å². The maximum atomic E-state index is 14.4. The van der Waals surface area contributed by atoms with Crippen molar-refractivity contribution in [2.45, 2.75) is 19.9 Å². The van der Waals surface area contributed by atoms with E-state index >= 15 is 0 Å². The quantitative estimate of drug-likeness (QED) is 0.629. The Hall–Kier alpha value is -2.85. The van der Waals surface area contributed by atoms with E-state index in [1.165, 1.54) is 0 Å². The van der Waals surface area contributed by atoms with E-state index in [4.69, 9.17) is 10.2 Å². The zero-order chi connectivity index (χ0) is 16.8. The van der Waals surface area contributed by atoms with Crippen molar-refractivity contribution in [3.8, 4) is 12.8 Å². The number of nitrogens with two attached hydrogens (primary N) is 1. The van der Waals surface area contributed by atoms with E-state index in [0.29, 0.717) is 47.9 Å². The number of aromatic nitrogens is 3. The smallest absolute Gasteiger partial charge is 0.157 e. The molecule has 0 bridgehead atoms. The van der Waals surface area contributed by atoms with Crippen LogP contribution in [0.5, 0.6) is 0 Å². The highest BCUT2D eigenvalue weighted by Gasteiger charge is 2.17. The molecule has 3 heterocycles. The number of fused-ring (bicyclic) bond motifs is 1. The molecule has 4 N–H and O–H groups in total. The van der Waals surface area contributed by atoms with Crippen LogP contribution in [0.15, 0.2) is 22.8 Å². The number of H-pyrrole nitrogens is 1. The number of nitrogens with zero attached hydrogens (tertiary/aromatic N) is 2. The molecular formula is C16H18FN5O. The van der Waals surface area contributed by atoms with Crippen molar-refractivity contribution < 1.29 is 8.81 Å². The van der Waals surface area contributed by atoms with Crippen molar-refractivity contribution in [2.75, 3.05) is 11.9 Å². The molecule has 120 valence electrons. The van der Waals surface area contributed by atoms with E-state index in [2.05, 4.69) is 33.1 Å². The molecule has 0 aliphatic carbocycles. The van der Waals surface area contributed by atoms with E-state index in [1.54, 1.807) is 19.3 Å². The van der Waals surface area contributed by atoms with Gasteiger partial charge >= 0.3 is 0 Å². The van der Waals surface area contributed by atoms with Gasteiger partial charge in [-0.25, -0.2) is 14.4 Å². The van der Waals surface area contributed by atoms with Crippen LogP contribution >= 0.6 is 0 Å². The van der Waals surface area contributed by atoms with Gasteiger partial charge in [0.1, 0.15) is 23.0 Å². The fourth-order valence-corrected chi connectivity index (χ4v) is 2.25. The monoisotopic (exact) mass is 315 g/mol. The number of nitrogens with one attached hydrogen (secondary N) is 2. The zero-order valence-corrected chi connectivity index (χ0v) is 12.8. The largest absolute Gasteiger partial charge is 0.467 e. The number of terminal acetylenes is 1. The summed E-state index contributed by atoms with van der Waals surface area (Å²) < 4.78 is 19.7. The molecule has 0 saturated heterocycles. The summed E-state index contributed by atoms with van der Waals surface area (Å²) in [6, 6.07) is 3.64. The minimum Gasteiger partial charge on any atom is -0.467 e. The molecule has 23 heavy (non-hydrogen) atoms. The van der Waals surface area contributed by atoms with Gasteiger partial charge in [-0.05, 0) is 25.6 Å². The highest BCUT2D eigenvalue weighted by atomic mass is 19.1. The number of aromatic amines is 1. The van der Waals surface area contributed by atoms with Crippen LogP contribution in [0.25, 0.3) is 11.0 Å². The number of hydrogen-bond acceptors (Lipinski definition) is 5. The third kappa shape index (κ3) is 3.49. The third-order valence-corrected chi connectivity index (χ3v) is 3.18. The molecule has 6 nitrogen and oxygen atoms in total. The Labute approximate surface area is 133 Å². The first kappa shape index (κ1) is 16.5. The van der Waals surface area contributed by atoms with Gasteiger partial charge in [0.25, 0.3) is 0 Å². The first-order valence-corrected chi connectivity index (χ1v) is 7.03. The molecular weight excluding hydrogens is 297 g/mol. The van der Waals surface area contributed by atoms with Crippen LogP contribution in [0, 0.1) is 25.6 Å².